The molecule has 1 aliphatic rings. The van der Waals surface area contributed by atoms with Gasteiger partial charge in [0.2, 0.25) is 0 Å². The zero-order chi connectivity index (χ0) is 15.2. The number of benzene rings is 1. The Morgan fingerprint density at radius 2 is 2.05 bits per heavy atom. The quantitative estimate of drug-likeness (QED) is 0.613. The molecule has 2 unspecified atom stereocenters. The van der Waals surface area contributed by atoms with Crippen molar-refractivity contribution in [1.82, 2.24) is 5.43 Å². The summed E-state index contributed by atoms with van der Waals surface area (Å²) in [7, 11) is 0. The van der Waals surface area contributed by atoms with Crippen LogP contribution >= 0.6 is 11.6 Å². The topological polar surface area (TPSA) is 47.3 Å². The Bertz CT molecular complexity index is 446. The summed E-state index contributed by atoms with van der Waals surface area (Å²) in [5.74, 6) is 6.43. The molecular formula is C17H27ClN2O. The van der Waals surface area contributed by atoms with Crippen LogP contribution < -0.4 is 11.3 Å². The van der Waals surface area contributed by atoms with E-state index in [1.54, 1.807) is 0 Å². The van der Waals surface area contributed by atoms with E-state index in [0.29, 0.717) is 12.5 Å². The Labute approximate surface area is 133 Å². The van der Waals surface area contributed by atoms with E-state index in [2.05, 4.69) is 11.5 Å². The van der Waals surface area contributed by atoms with Crippen LogP contribution in [0.2, 0.25) is 5.02 Å². The number of halogens is 1. The number of ether oxygens (including phenoxy) is 1. The molecular weight excluding hydrogens is 284 g/mol. The Morgan fingerprint density at radius 1 is 1.33 bits per heavy atom. The fourth-order valence-electron chi connectivity index (χ4n) is 3.34. The average molecular weight is 311 g/mol. The number of rotatable bonds is 6. The molecule has 1 aromatic carbocycles. The van der Waals surface area contributed by atoms with E-state index in [1.165, 1.54) is 32.1 Å². The molecule has 2 atom stereocenters. The van der Waals surface area contributed by atoms with Gasteiger partial charge in [0.05, 0.1) is 12.1 Å². The predicted octanol–water partition coefficient (Wildman–Crippen LogP) is 4.14. The third-order valence-electron chi connectivity index (χ3n) is 4.54. The number of nitrogens with one attached hydrogen (secondary N) is 1. The lowest BCUT2D eigenvalue weighted by Gasteiger charge is -2.35. The molecule has 1 aliphatic carbocycles. The summed E-state index contributed by atoms with van der Waals surface area (Å²) >= 11 is 6.27. The SMILES string of the molecule is CCOC(C1CCCCC1)C(NN)c1ccc(C)c(Cl)c1. The van der Waals surface area contributed by atoms with Crippen LogP contribution in [0.3, 0.4) is 0 Å². The van der Waals surface area contributed by atoms with E-state index in [-0.39, 0.29) is 12.1 Å². The van der Waals surface area contributed by atoms with Crippen LogP contribution in [-0.2, 0) is 4.74 Å². The number of hydrogen-bond acceptors (Lipinski definition) is 3. The van der Waals surface area contributed by atoms with E-state index in [4.69, 9.17) is 22.2 Å². The third kappa shape index (κ3) is 4.19. The standard InChI is InChI=1S/C17H27ClN2O/c1-3-21-17(13-7-5-4-6-8-13)16(20-19)14-10-9-12(2)15(18)11-14/h9-11,13,16-17,20H,3-8,19H2,1-2H3. The minimum atomic E-state index is -0.00819. The zero-order valence-electron chi connectivity index (χ0n) is 13.1. The van der Waals surface area contributed by atoms with Crippen molar-refractivity contribution in [2.45, 2.75) is 58.1 Å². The van der Waals surface area contributed by atoms with Crippen molar-refractivity contribution < 1.29 is 4.74 Å². The van der Waals surface area contributed by atoms with Crippen LogP contribution in [-0.4, -0.2) is 12.7 Å². The highest BCUT2D eigenvalue weighted by molar-refractivity contribution is 6.31. The van der Waals surface area contributed by atoms with Gasteiger partial charge in [-0.2, -0.15) is 0 Å². The van der Waals surface area contributed by atoms with Gasteiger partial charge in [-0.3, -0.25) is 11.3 Å². The highest BCUT2D eigenvalue weighted by atomic mass is 35.5. The predicted molar refractivity (Wildman–Crippen MR) is 88.2 cm³/mol. The molecule has 21 heavy (non-hydrogen) atoms. The number of hydrogen-bond donors (Lipinski definition) is 2. The molecule has 0 radical (unpaired) electrons. The third-order valence-corrected chi connectivity index (χ3v) is 4.94. The van der Waals surface area contributed by atoms with Gasteiger partial charge in [0, 0.05) is 11.6 Å². The molecule has 2 rings (SSSR count). The molecule has 3 nitrogen and oxygen atoms in total. The van der Waals surface area contributed by atoms with Gasteiger partial charge in [0.15, 0.2) is 0 Å². The maximum Gasteiger partial charge on any atom is 0.0810 e. The summed E-state index contributed by atoms with van der Waals surface area (Å²) in [6.07, 6.45) is 6.48. The minimum absolute atomic E-state index is 0.00819. The van der Waals surface area contributed by atoms with Gasteiger partial charge in [-0.05, 0) is 49.8 Å². The van der Waals surface area contributed by atoms with E-state index < -0.39 is 0 Å². The minimum Gasteiger partial charge on any atom is -0.376 e. The van der Waals surface area contributed by atoms with Crippen molar-refractivity contribution in [1.29, 1.82) is 0 Å². The molecule has 1 saturated carbocycles. The molecule has 1 fully saturated rings. The Balaban J connectivity index is 2.23. The van der Waals surface area contributed by atoms with Gasteiger partial charge in [-0.25, -0.2) is 0 Å². The van der Waals surface area contributed by atoms with Gasteiger partial charge in [-0.1, -0.05) is 43.0 Å². The van der Waals surface area contributed by atoms with Gasteiger partial charge >= 0.3 is 0 Å². The van der Waals surface area contributed by atoms with Crippen molar-refractivity contribution in [3.05, 3.63) is 34.3 Å². The normalized spacial score (nSPS) is 19.4. The van der Waals surface area contributed by atoms with Crippen molar-refractivity contribution >= 4 is 11.6 Å². The fourth-order valence-corrected chi connectivity index (χ4v) is 3.53. The zero-order valence-corrected chi connectivity index (χ0v) is 13.8. The Morgan fingerprint density at radius 3 is 2.62 bits per heavy atom. The first-order valence-corrected chi connectivity index (χ1v) is 8.39. The molecule has 3 N–H and O–H groups in total. The van der Waals surface area contributed by atoms with Gasteiger partial charge < -0.3 is 4.74 Å². The second kappa shape index (κ2) is 8.14. The number of nitrogens with two attached hydrogens (primary N) is 1. The van der Waals surface area contributed by atoms with Crippen molar-refractivity contribution in [2.24, 2.45) is 11.8 Å². The molecule has 0 aliphatic heterocycles. The summed E-state index contributed by atoms with van der Waals surface area (Å²) in [5, 5.41) is 0.784. The summed E-state index contributed by atoms with van der Waals surface area (Å²) in [5.41, 5.74) is 5.16. The maximum atomic E-state index is 6.27. The van der Waals surface area contributed by atoms with Gasteiger partial charge in [0.1, 0.15) is 0 Å². The lowest BCUT2D eigenvalue weighted by molar-refractivity contribution is -0.0184. The van der Waals surface area contributed by atoms with E-state index >= 15 is 0 Å². The summed E-state index contributed by atoms with van der Waals surface area (Å²) in [6.45, 7) is 4.77. The van der Waals surface area contributed by atoms with Crippen molar-refractivity contribution in [3.8, 4) is 0 Å². The van der Waals surface area contributed by atoms with Crippen molar-refractivity contribution in [3.63, 3.8) is 0 Å². The van der Waals surface area contributed by atoms with Crippen LogP contribution in [0.5, 0.6) is 0 Å². The Kier molecular flexibility index (Phi) is 6.49. The second-order valence-electron chi connectivity index (χ2n) is 5.97. The smallest absolute Gasteiger partial charge is 0.0810 e. The lowest BCUT2D eigenvalue weighted by atomic mass is 9.81. The van der Waals surface area contributed by atoms with Crippen LogP contribution in [0.25, 0.3) is 0 Å². The second-order valence-corrected chi connectivity index (χ2v) is 6.38. The summed E-state index contributed by atoms with van der Waals surface area (Å²) < 4.78 is 6.07. The first-order chi connectivity index (χ1) is 10.2. The van der Waals surface area contributed by atoms with E-state index in [1.807, 2.05) is 26.0 Å². The summed E-state index contributed by atoms with van der Waals surface area (Å²) in [4.78, 5) is 0. The molecule has 0 aromatic heterocycles. The number of aryl methyl sites for hydroxylation is 1. The summed E-state index contributed by atoms with van der Waals surface area (Å²) in [6, 6.07) is 6.15. The molecule has 4 heteroatoms. The monoisotopic (exact) mass is 310 g/mol. The first-order valence-electron chi connectivity index (χ1n) is 8.01. The molecule has 0 bridgehead atoms. The number of hydrazine groups is 1. The van der Waals surface area contributed by atoms with E-state index in [0.717, 1.165) is 16.1 Å². The Hall–Kier alpha value is -0.610. The fraction of sp³-hybridized carbons (Fsp3) is 0.647. The highest BCUT2D eigenvalue weighted by Gasteiger charge is 2.31. The molecule has 0 heterocycles. The average Bonchev–Trinajstić information content (AvgIpc) is 2.51. The van der Waals surface area contributed by atoms with Crippen molar-refractivity contribution in [2.75, 3.05) is 6.61 Å². The maximum absolute atomic E-state index is 6.27. The van der Waals surface area contributed by atoms with Crippen LogP contribution in [0.4, 0.5) is 0 Å². The first kappa shape index (κ1) is 16.8. The largest absolute Gasteiger partial charge is 0.376 e. The van der Waals surface area contributed by atoms with Gasteiger partial charge in [-0.15, -0.1) is 0 Å². The van der Waals surface area contributed by atoms with Crippen LogP contribution in [0, 0.1) is 12.8 Å². The van der Waals surface area contributed by atoms with Crippen LogP contribution in [0.15, 0.2) is 18.2 Å². The molecule has 0 saturated heterocycles. The lowest BCUT2D eigenvalue weighted by Crippen LogP contribution is -2.42. The molecule has 1 aromatic rings. The molecule has 0 spiro atoms. The van der Waals surface area contributed by atoms with E-state index in [9.17, 15) is 0 Å². The molecule has 118 valence electrons. The highest BCUT2D eigenvalue weighted by Crippen LogP contribution is 2.35. The van der Waals surface area contributed by atoms with Crippen LogP contribution in [0.1, 0.15) is 56.2 Å². The molecule has 0 amide bonds. The van der Waals surface area contributed by atoms with Gasteiger partial charge in [0.25, 0.3) is 0 Å².